The molecular weight excluding hydrogens is 285 g/mol. The highest BCUT2D eigenvalue weighted by Gasteiger charge is 2.25. The molecule has 0 spiro atoms. The normalized spacial score (nSPS) is 18.5. The third-order valence-corrected chi connectivity index (χ3v) is 3.84. The molecule has 1 aliphatic rings. The third-order valence-electron chi connectivity index (χ3n) is 3.84. The first-order valence-corrected chi connectivity index (χ1v) is 7.27. The molecule has 1 aromatic heterocycles. The molecule has 1 saturated heterocycles. The number of hydrogen-bond acceptors (Lipinski definition) is 3. The summed E-state index contributed by atoms with van der Waals surface area (Å²) in [7, 11) is 0. The molecule has 0 aliphatic carbocycles. The van der Waals surface area contributed by atoms with Gasteiger partial charge in [0.2, 0.25) is 0 Å². The van der Waals surface area contributed by atoms with Crippen LogP contribution in [0.1, 0.15) is 23.0 Å². The van der Waals surface area contributed by atoms with E-state index in [9.17, 15) is 9.18 Å². The SMILES string of the molecule is Cc1c(C(=O)N2CCOC(C)C2)cnn1-c1ccc(F)cc1. The van der Waals surface area contributed by atoms with Crippen LogP contribution in [0, 0.1) is 12.7 Å². The molecule has 1 amide bonds. The highest BCUT2D eigenvalue weighted by molar-refractivity contribution is 5.95. The maximum atomic E-state index is 13.0. The van der Waals surface area contributed by atoms with E-state index in [0.717, 1.165) is 11.4 Å². The van der Waals surface area contributed by atoms with Crippen molar-refractivity contribution in [2.45, 2.75) is 20.0 Å². The van der Waals surface area contributed by atoms with E-state index in [1.165, 1.54) is 12.1 Å². The minimum atomic E-state index is -0.299. The Morgan fingerprint density at radius 3 is 2.77 bits per heavy atom. The van der Waals surface area contributed by atoms with Crippen LogP contribution in [-0.4, -0.2) is 46.4 Å². The number of nitrogens with zero attached hydrogens (tertiary/aromatic N) is 3. The molecule has 0 radical (unpaired) electrons. The fraction of sp³-hybridized carbons (Fsp3) is 0.375. The lowest BCUT2D eigenvalue weighted by Crippen LogP contribution is -2.44. The Morgan fingerprint density at radius 1 is 1.36 bits per heavy atom. The Labute approximate surface area is 128 Å². The molecule has 0 saturated carbocycles. The summed E-state index contributed by atoms with van der Waals surface area (Å²) < 4.78 is 20.1. The van der Waals surface area contributed by atoms with Crippen LogP contribution >= 0.6 is 0 Å². The lowest BCUT2D eigenvalue weighted by Gasteiger charge is -2.31. The lowest BCUT2D eigenvalue weighted by atomic mass is 10.2. The van der Waals surface area contributed by atoms with Crippen LogP contribution in [0.4, 0.5) is 4.39 Å². The number of aromatic nitrogens is 2. The van der Waals surface area contributed by atoms with E-state index in [4.69, 9.17) is 4.74 Å². The van der Waals surface area contributed by atoms with Gasteiger partial charge in [-0.05, 0) is 38.1 Å². The summed E-state index contributed by atoms with van der Waals surface area (Å²) >= 11 is 0. The monoisotopic (exact) mass is 303 g/mol. The van der Waals surface area contributed by atoms with Gasteiger partial charge in [0, 0.05) is 13.1 Å². The van der Waals surface area contributed by atoms with Gasteiger partial charge in [-0.25, -0.2) is 9.07 Å². The van der Waals surface area contributed by atoms with Crippen molar-refractivity contribution in [1.82, 2.24) is 14.7 Å². The maximum Gasteiger partial charge on any atom is 0.257 e. The van der Waals surface area contributed by atoms with Gasteiger partial charge in [0.1, 0.15) is 5.82 Å². The van der Waals surface area contributed by atoms with Gasteiger partial charge in [0.15, 0.2) is 0 Å². The second-order valence-corrected chi connectivity index (χ2v) is 5.46. The molecule has 2 aromatic rings. The highest BCUT2D eigenvalue weighted by atomic mass is 19.1. The molecule has 6 heteroatoms. The van der Waals surface area contributed by atoms with E-state index in [2.05, 4.69) is 5.10 Å². The molecule has 0 bridgehead atoms. The molecule has 1 fully saturated rings. The van der Waals surface area contributed by atoms with Gasteiger partial charge in [0.05, 0.1) is 35.9 Å². The average Bonchev–Trinajstić information content (AvgIpc) is 2.89. The standard InChI is InChI=1S/C16H18FN3O2/c1-11-10-19(7-8-22-11)16(21)15-9-18-20(12(15)2)14-5-3-13(17)4-6-14/h3-6,9,11H,7-8,10H2,1-2H3. The number of morpholine rings is 1. The number of hydrogen-bond donors (Lipinski definition) is 0. The summed E-state index contributed by atoms with van der Waals surface area (Å²) in [5, 5.41) is 4.27. The summed E-state index contributed by atoms with van der Waals surface area (Å²) in [4.78, 5) is 14.4. The van der Waals surface area contributed by atoms with Crippen molar-refractivity contribution >= 4 is 5.91 Å². The fourth-order valence-electron chi connectivity index (χ4n) is 2.64. The quantitative estimate of drug-likeness (QED) is 0.854. The first kappa shape index (κ1) is 14.7. The van der Waals surface area contributed by atoms with Gasteiger partial charge in [-0.2, -0.15) is 5.10 Å². The van der Waals surface area contributed by atoms with Crippen LogP contribution in [0.25, 0.3) is 5.69 Å². The number of carbonyl (C=O) groups is 1. The van der Waals surface area contributed by atoms with Gasteiger partial charge < -0.3 is 9.64 Å². The largest absolute Gasteiger partial charge is 0.375 e. The number of ether oxygens (including phenoxy) is 1. The zero-order valence-corrected chi connectivity index (χ0v) is 12.6. The predicted octanol–water partition coefficient (Wildman–Crippen LogP) is 2.18. The number of rotatable bonds is 2. The molecule has 1 atom stereocenters. The molecule has 116 valence electrons. The molecule has 1 aliphatic heterocycles. The van der Waals surface area contributed by atoms with Crippen molar-refractivity contribution in [2.75, 3.05) is 19.7 Å². The zero-order chi connectivity index (χ0) is 15.7. The molecule has 1 unspecified atom stereocenters. The van der Waals surface area contributed by atoms with Crippen LogP contribution < -0.4 is 0 Å². The lowest BCUT2D eigenvalue weighted by molar-refractivity contribution is -0.0124. The Balaban J connectivity index is 1.86. The van der Waals surface area contributed by atoms with E-state index in [-0.39, 0.29) is 17.8 Å². The average molecular weight is 303 g/mol. The van der Waals surface area contributed by atoms with Crippen molar-refractivity contribution in [2.24, 2.45) is 0 Å². The van der Waals surface area contributed by atoms with Gasteiger partial charge in [0.25, 0.3) is 5.91 Å². The van der Waals surface area contributed by atoms with Crippen LogP contribution in [0.15, 0.2) is 30.5 Å². The molecular formula is C16H18FN3O2. The molecule has 3 rings (SSSR count). The summed E-state index contributed by atoms with van der Waals surface area (Å²) in [6.07, 6.45) is 1.62. The van der Waals surface area contributed by atoms with Gasteiger partial charge in [-0.15, -0.1) is 0 Å². The maximum absolute atomic E-state index is 13.0. The zero-order valence-electron chi connectivity index (χ0n) is 12.6. The van der Waals surface area contributed by atoms with E-state index in [0.29, 0.717) is 25.3 Å². The van der Waals surface area contributed by atoms with E-state index >= 15 is 0 Å². The Kier molecular flexibility index (Phi) is 3.94. The highest BCUT2D eigenvalue weighted by Crippen LogP contribution is 2.17. The molecule has 0 N–H and O–H groups in total. The van der Waals surface area contributed by atoms with Gasteiger partial charge in [-0.1, -0.05) is 0 Å². The van der Waals surface area contributed by atoms with Crippen LogP contribution in [0.3, 0.4) is 0 Å². The Bertz CT molecular complexity index is 681. The number of benzene rings is 1. The topological polar surface area (TPSA) is 47.4 Å². The summed E-state index contributed by atoms with van der Waals surface area (Å²) in [5.41, 5.74) is 2.04. The first-order chi connectivity index (χ1) is 10.6. The van der Waals surface area contributed by atoms with E-state index in [1.807, 2.05) is 13.8 Å². The van der Waals surface area contributed by atoms with Gasteiger partial charge >= 0.3 is 0 Å². The summed E-state index contributed by atoms with van der Waals surface area (Å²) in [6, 6.07) is 6.03. The smallest absolute Gasteiger partial charge is 0.257 e. The second-order valence-electron chi connectivity index (χ2n) is 5.46. The minimum absolute atomic E-state index is 0.0407. The van der Waals surface area contributed by atoms with Crippen molar-refractivity contribution in [3.05, 3.63) is 47.5 Å². The molecule has 1 aromatic carbocycles. The second kappa shape index (κ2) is 5.88. The predicted molar refractivity (Wildman–Crippen MR) is 79.6 cm³/mol. The van der Waals surface area contributed by atoms with Gasteiger partial charge in [-0.3, -0.25) is 4.79 Å². The first-order valence-electron chi connectivity index (χ1n) is 7.27. The molecule has 5 nitrogen and oxygen atoms in total. The fourth-order valence-corrected chi connectivity index (χ4v) is 2.64. The van der Waals surface area contributed by atoms with E-state index < -0.39 is 0 Å². The summed E-state index contributed by atoms with van der Waals surface area (Å²) in [6.45, 7) is 5.52. The summed E-state index contributed by atoms with van der Waals surface area (Å²) in [5.74, 6) is -0.340. The van der Waals surface area contributed by atoms with Crippen molar-refractivity contribution < 1.29 is 13.9 Å². The Hall–Kier alpha value is -2.21. The number of amides is 1. The van der Waals surface area contributed by atoms with Crippen molar-refractivity contribution in [3.8, 4) is 5.69 Å². The van der Waals surface area contributed by atoms with Crippen LogP contribution in [0.5, 0.6) is 0 Å². The molecule has 2 heterocycles. The Morgan fingerprint density at radius 2 is 2.09 bits per heavy atom. The minimum Gasteiger partial charge on any atom is -0.375 e. The molecule has 22 heavy (non-hydrogen) atoms. The van der Waals surface area contributed by atoms with E-state index in [1.54, 1.807) is 27.9 Å². The van der Waals surface area contributed by atoms with Crippen LogP contribution in [-0.2, 0) is 4.74 Å². The number of halogens is 1. The van der Waals surface area contributed by atoms with Crippen molar-refractivity contribution in [1.29, 1.82) is 0 Å². The van der Waals surface area contributed by atoms with Crippen LogP contribution in [0.2, 0.25) is 0 Å². The van der Waals surface area contributed by atoms with Crippen molar-refractivity contribution in [3.63, 3.8) is 0 Å². The number of carbonyl (C=O) groups excluding carboxylic acids is 1. The third kappa shape index (κ3) is 2.74.